The molecule has 0 fully saturated rings. The normalized spacial score (nSPS) is 8.82. The van der Waals surface area contributed by atoms with Gasteiger partial charge in [-0.3, -0.25) is 0 Å². The number of rotatable bonds is 1. The Kier molecular flexibility index (Phi) is 2.47. The van der Waals surface area contributed by atoms with Crippen LogP contribution in [0.15, 0.2) is 22.7 Å². The first-order valence-corrected chi connectivity index (χ1v) is 3.73. The van der Waals surface area contributed by atoms with Gasteiger partial charge < -0.3 is 5.11 Å². The van der Waals surface area contributed by atoms with Gasteiger partial charge in [-0.2, -0.15) is 0 Å². The van der Waals surface area contributed by atoms with E-state index in [1.54, 1.807) is 12.0 Å². The maximum atomic E-state index is 9.95. The van der Waals surface area contributed by atoms with E-state index >= 15 is 0 Å². The molecule has 0 saturated heterocycles. The van der Waals surface area contributed by atoms with Crippen molar-refractivity contribution >= 4 is 27.9 Å². The van der Waals surface area contributed by atoms with Gasteiger partial charge in [0.05, 0.1) is 0 Å². The fourth-order valence-electron chi connectivity index (χ4n) is 0.705. The molecule has 1 aromatic carbocycles. The average Bonchev–Trinajstić information content (AvgIpc) is 1.98. The van der Waals surface area contributed by atoms with Crippen LogP contribution >= 0.6 is 15.9 Å². The second-order valence-corrected chi connectivity index (χ2v) is 2.82. The molecule has 0 heterocycles. The van der Waals surface area contributed by atoms with Gasteiger partial charge in [-0.1, -0.05) is 15.9 Å². The number of hydrogen-bond acceptors (Lipinski definition) is 2. The predicted molar refractivity (Wildman–Crippen MR) is 46.0 cm³/mol. The van der Waals surface area contributed by atoms with Crippen molar-refractivity contribution in [1.82, 2.24) is 0 Å². The lowest BCUT2D eigenvalue weighted by molar-refractivity contribution is 0.475. The molecule has 0 unspecified atom stereocenters. The maximum Gasteiger partial charge on any atom is 0.125 e. The van der Waals surface area contributed by atoms with Crippen molar-refractivity contribution in [3.05, 3.63) is 28.2 Å². The zero-order valence-corrected chi connectivity index (χ0v) is 7.13. The van der Waals surface area contributed by atoms with Crippen LogP contribution in [0.1, 0.15) is 5.56 Å². The summed E-state index contributed by atoms with van der Waals surface area (Å²) in [5.74, 6) is 1.77. The highest BCUT2D eigenvalue weighted by molar-refractivity contribution is 9.10. The minimum atomic E-state index is 0.134. The van der Waals surface area contributed by atoms with Crippen LogP contribution in [-0.2, 0) is 4.79 Å². The zero-order chi connectivity index (χ0) is 8.27. The Morgan fingerprint density at radius 1 is 1.55 bits per heavy atom. The van der Waals surface area contributed by atoms with Crippen molar-refractivity contribution in [2.24, 2.45) is 0 Å². The molecule has 0 aliphatic heterocycles. The Hall–Kier alpha value is -1.05. The van der Waals surface area contributed by atoms with Crippen molar-refractivity contribution in [1.29, 1.82) is 0 Å². The first kappa shape index (κ1) is 8.05. The van der Waals surface area contributed by atoms with Gasteiger partial charge in [0.1, 0.15) is 11.7 Å². The Morgan fingerprint density at radius 2 is 2.27 bits per heavy atom. The van der Waals surface area contributed by atoms with E-state index in [9.17, 15) is 4.79 Å². The van der Waals surface area contributed by atoms with Gasteiger partial charge in [0, 0.05) is 16.1 Å². The van der Waals surface area contributed by atoms with Crippen LogP contribution in [0.2, 0.25) is 0 Å². The van der Waals surface area contributed by atoms with E-state index in [1.165, 1.54) is 18.2 Å². The summed E-state index contributed by atoms with van der Waals surface area (Å²) in [7, 11) is 0. The van der Waals surface area contributed by atoms with Crippen LogP contribution in [0.5, 0.6) is 5.75 Å². The Bertz CT molecular complexity index is 314. The SMILES string of the molecule is O=C=Cc1cc(O)ccc1Br. The monoisotopic (exact) mass is 212 g/mol. The third-order valence-corrected chi connectivity index (χ3v) is 1.92. The van der Waals surface area contributed by atoms with E-state index in [1.807, 2.05) is 0 Å². The highest BCUT2D eigenvalue weighted by Crippen LogP contribution is 2.21. The van der Waals surface area contributed by atoms with Crippen molar-refractivity contribution in [3.8, 4) is 5.75 Å². The molecule has 0 aliphatic carbocycles. The van der Waals surface area contributed by atoms with Crippen molar-refractivity contribution < 1.29 is 9.90 Å². The van der Waals surface area contributed by atoms with Gasteiger partial charge in [-0.25, -0.2) is 4.79 Å². The largest absolute Gasteiger partial charge is 0.508 e. The quantitative estimate of drug-likeness (QED) is 0.724. The number of aromatic hydroxyl groups is 1. The summed E-state index contributed by atoms with van der Waals surface area (Å²) in [5.41, 5.74) is 0.625. The molecular weight excluding hydrogens is 208 g/mol. The second-order valence-electron chi connectivity index (χ2n) is 1.97. The molecule has 0 aromatic heterocycles. The van der Waals surface area contributed by atoms with Crippen molar-refractivity contribution in [2.75, 3.05) is 0 Å². The molecule has 0 amide bonds. The maximum absolute atomic E-state index is 9.95. The van der Waals surface area contributed by atoms with E-state index in [2.05, 4.69) is 15.9 Å². The van der Waals surface area contributed by atoms with Crippen LogP contribution in [0, 0.1) is 0 Å². The third kappa shape index (κ3) is 1.93. The number of hydrogen-bond donors (Lipinski definition) is 1. The highest BCUT2D eigenvalue weighted by atomic mass is 79.9. The Morgan fingerprint density at radius 3 is 2.91 bits per heavy atom. The van der Waals surface area contributed by atoms with Gasteiger partial charge in [0.15, 0.2) is 0 Å². The van der Waals surface area contributed by atoms with Gasteiger partial charge >= 0.3 is 0 Å². The molecule has 0 radical (unpaired) electrons. The summed E-state index contributed by atoms with van der Waals surface area (Å²) in [6, 6.07) is 4.68. The molecular formula is C8H5BrO2. The van der Waals surface area contributed by atoms with Crippen molar-refractivity contribution in [3.63, 3.8) is 0 Å². The lowest BCUT2D eigenvalue weighted by Gasteiger charge is -1.96. The van der Waals surface area contributed by atoms with Gasteiger partial charge in [-0.15, -0.1) is 0 Å². The smallest absolute Gasteiger partial charge is 0.125 e. The number of phenolic OH excluding ortho intramolecular Hbond substituents is 1. The summed E-state index contributed by atoms with van der Waals surface area (Å²) in [6.07, 6.45) is 1.25. The Balaban J connectivity index is 3.22. The van der Waals surface area contributed by atoms with Crippen molar-refractivity contribution in [2.45, 2.75) is 0 Å². The molecule has 11 heavy (non-hydrogen) atoms. The van der Waals surface area contributed by atoms with E-state index in [0.717, 1.165) is 4.47 Å². The van der Waals surface area contributed by atoms with Crippen LogP contribution in [0.4, 0.5) is 0 Å². The highest BCUT2D eigenvalue weighted by Gasteiger charge is 1.96. The molecule has 1 aromatic rings. The molecule has 0 aliphatic rings. The fraction of sp³-hybridized carbons (Fsp3) is 0. The topological polar surface area (TPSA) is 37.3 Å². The third-order valence-electron chi connectivity index (χ3n) is 1.19. The fourth-order valence-corrected chi connectivity index (χ4v) is 1.07. The first-order valence-electron chi connectivity index (χ1n) is 2.93. The standard InChI is InChI=1S/C8H5BrO2/c9-8-2-1-7(11)5-6(8)3-4-10/h1-3,5,11H. The number of carbonyl (C=O) groups excluding carboxylic acids is 1. The van der Waals surface area contributed by atoms with Gasteiger partial charge in [0.2, 0.25) is 0 Å². The van der Waals surface area contributed by atoms with E-state index in [-0.39, 0.29) is 5.75 Å². The van der Waals surface area contributed by atoms with Gasteiger partial charge in [0.25, 0.3) is 0 Å². The second kappa shape index (κ2) is 3.37. The van der Waals surface area contributed by atoms with E-state index in [0.29, 0.717) is 5.56 Å². The molecule has 56 valence electrons. The molecule has 2 nitrogen and oxygen atoms in total. The van der Waals surface area contributed by atoms with Crippen LogP contribution in [0.25, 0.3) is 6.08 Å². The molecule has 1 N–H and O–H groups in total. The lowest BCUT2D eigenvalue weighted by atomic mass is 10.2. The molecule has 0 spiro atoms. The Labute approximate surface area is 72.3 Å². The number of halogens is 1. The number of benzene rings is 1. The van der Waals surface area contributed by atoms with Gasteiger partial charge in [-0.05, 0) is 18.2 Å². The van der Waals surface area contributed by atoms with Crippen LogP contribution in [-0.4, -0.2) is 11.0 Å². The molecule has 1 rings (SSSR count). The van der Waals surface area contributed by atoms with Crippen LogP contribution in [0.3, 0.4) is 0 Å². The summed E-state index contributed by atoms with van der Waals surface area (Å²) in [5, 5.41) is 8.99. The summed E-state index contributed by atoms with van der Waals surface area (Å²) in [4.78, 5) is 9.95. The molecule has 3 heteroatoms. The first-order chi connectivity index (χ1) is 5.24. The lowest BCUT2D eigenvalue weighted by Crippen LogP contribution is -1.74. The average molecular weight is 213 g/mol. The zero-order valence-electron chi connectivity index (χ0n) is 5.54. The molecule has 0 saturated carbocycles. The summed E-state index contributed by atoms with van der Waals surface area (Å²) in [6.45, 7) is 0. The minimum Gasteiger partial charge on any atom is -0.508 e. The summed E-state index contributed by atoms with van der Waals surface area (Å²) < 4.78 is 0.763. The number of phenols is 1. The van der Waals surface area contributed by atoms with E-state index in [4.69, 9.17) is 5.11 Å². The van der Waals surface area contributed by atoms with Crippen LogP contribution < -0.4 is 0 Å². The molecule has 0 atom stereocenters. The predicted octanol–water partition coefficient (Wildman–Crippen LogP) is 2.00. The van der Waals surface area contributed by atoms with E-state index < -0.39 is 0 Å². The minimum absolute atomic E-state index is 0.134. The summed E-state index contributed by atoms with van der Waals surface area (Å²) >= 11 is 3.21. The molecule has 0 bridgehead atoms.